The molecular formula is C22H28N2O2. The first kappa shape index (κ1) is 18.6. The summed E-state index contributed by atoms with van der Waals surface area (Å²) in [6.07, 6.45) is 0.0411. The second-order valence-corrected chi connectivity index (χ2v) is 7.11. The highest BCUT2D eigenvalue weighted by Gasteiger charge is 2.26. The summed E-state index contributed by atoms with van der Waals surface area (Å²) in [7, 11) is 0. The van der Waals surface area contributed by atoms with Crippen LogP contribution in [0, 0.1) is 0 Å². The lowest BCUT2D eigenvalue weighted by atomic mass is 10.1. The van der Waals surface area contributed by atoms with Crippen LogP contribution in [-0.2, 0) is 16.1 Å². The van der Waals surface area contributed by atoms with Crippen LogP contribution >= 0.6 is 0 Å². The number of amides is 1. The van der Waals surface area contributed by atoms with Crippen molar-refractivity contribution in [3.8, 4) is 0 Å². The highest BCUT2D eigenvalue weighted by Crippen LogP contribution is 2.22. The highest BCUT2D eigenvalue weighted by molar-refractivity contribution is 5.78. The van der Waals surface area contributed by atoms with E-state index in [1.807, 2.05) is 41.3 Å². The fraction of sp³-hybridized carbons (Fsp3) is 0.409. The zero-order valence-corrected chi connectivity index (χ0v) is 15.7. The molecule has 0 spiro atoms. The molecule has 138 valence electrons. The number of hydrogen-bond acceptors (Lipinski definition) is 3. The minimum atomic E-state index is 0.0411. The maximum Gasteiger partial charge on any atom is 0.237 e. The van der Waals surface area contributed by atoms with Gasteiger partial charge in [0.15, 0.2) is 0 Å². The average Bonchev–Trinajstić information content (AvgIpc) is 2.67. The molecule has 1 fully saturated rings. The summed E-state index contributed by atoms with van der Waals surface area (Å²) in [6.45, 7) is 7.47. The normalized spacial score (nSPS) is 18.0. The van der Waals surface area contributed by atoms with Crippen molar-refractivity contribution in [3.63, 3.8) is 0 Å². The van der Waals surface area contributed by atoms with Crippen LogP contribution in [0.3, 0.4) is 0 Å². The molecule has 0 saturated carbocycles. The Labute approximate surface area is 156 Å². The minimum absolute atomic E-state index is 0.0411. The van der Waals surface area contributed by atoms with Crippen LogP contribution in [0.15, 0.2) is 60.7 Å². The molecule has 1 amide bonds. The third-order valence-electron chi connectivity index (χ3n) is 4.82. The van der Waals surface area contributed by atoms with Gasteiger partial charge in [0.25, 0.3) is 0 Å². The van der Waals surface area contributed by atoms with Gasteiger partial charge in [-0.1, -0.05) is 60.7 Å². The Hall–Kier alpha value is -2.17. The Kier molecular flexibility index (Phi) is 6.42. The third kappa shape index (κ3) is 4.93. The van der Waals surface area contributed by atoms with Gasteiger partial charge in [0, 0.05) is 25.7 Å². The molecule has 0 aliphatic carbocycles. The molecule has 0 aromatic heterocycles. The van der Waals surface area contributed by atoms with E-state index in [2.05, 4.69) is 43.0 Å². The molecule has 1 aliphatic rings. The van der Waals surface area contributed by atoms with E-state index in [4.69, 9.17) is 4.74 Å². The Morgan fingerprint density at radius 1 is 1.12 bits per heavy atom. The van der Waals surface area contributed by atoms with Crippen molar-refractivity contribution in [2.75, 3.05) is 26.2 Å². The van der Waals surface area contributed by atoms with E-state index in [1.165, 1.54) is 11.1 Å². The predicted molar refractivity (Wildman–Crippen MR) is 104 cm³/mol. The summed E-state index contributed by atoms with van der Waals surface area (Å²) in [6, 6.07) is 20.6. The van der Waals surface area contributed by atoms with Gasteiger partial charge in [0.1, 0.15) is 0 Å². The molecule has 1 saturated heterocycles. The number of carbonyl (C=O) groups is 1. The van der Waals surface area contributed by atoms with Gasteiger partial charge in [-0.25, -0.2) is 0 Å². The number of ether oxygens (including phenoxy) is 1. The number of rotatable bonds is 6. The number of nitrogens with zero attached hydrogens (tertiary/aromatic N) is 2. The van der Waals surface area contributed by atoms with E-state index in [-0.39, 0.29) is 18.1 Å². The number of morpholine rings is 1. The van der Waals surface area contributed by atoms with Gasteiger partial charge in [-0.3, -0.25) is 9.69 Å². The first-order valence-electron chi connectivity index (χ1n) is 9.36. The van der Waals surface area contributed by atoms with Crippen LogP contribution in [0.5, 0.6) is 0 Å². The highest BCUT2D eigenvalue weighted by atomic mass is 16.5. The lowest BCUT2D eigenvalue weighted by Crippen LogP contribution is -2.47. The van der Waals surface area contributed by atoms with Crippen LogP contribution in [0.2, 0.25) is 0 Å². The number of hydrogen-bond donors (Lipinski definition) is 0. The Balaban J connectivity index is 1.61. The number of benzene rings is 2. The van der Waals surface area contributed by atoms with E-state index < -0.39 is 0 Å². The summed E-state index contributed by atoms with van der Waals surface area (Å²) in [4.78, 5) is 17.1. The maximum absolute atomic E-state index is 12.9. The molecule has 0 radical (unpaired) electrons. The fourth-order valence-electron chi connectivity index (χ4n) is 3.34. The molecule has 4 nitrogen and oxygen atoms in total. The van der Waals surface area contributed by atoms with Crippen LogP contribution in [0.1, 0.15) is 31.1 Å². The summed E-state index contributed by atoms with van der Waals surface area (Å²) in [5, 5.41) is 0. The topological polar surface area (TPSA) is 32.8 Å². The average molecular weight is 352 g/mol. The van der Waals surface area contributed by atoms with Crippen LogP contribution in [-0.4, -0.2) is 48.0 Å². The van der Waals surface area contributed by atoms with Crippen LogP contribution in [0.25, 0.3) is 0 Å². The molecule has 4 heteroatoms. The molecule has 2 aromatic rings. The Morgan fingerprint density at radius 3 is 2.42 bits per heavy atom. The molecule has 1 unspecified atom stereocenters. The van der Waals surface area contributed by atoms with E-state index >= 15 is 0 Å². The monoisotopic (exact) mass is 352 g/mol. The smallest absolute Gasteiger partial charge is 0.237 e. The third-order valence-corrected chi connectivity index (χ3v) is 4.82. The quantitative estimate of drug-likeness (QED) is 0.798. The summed E-state index contributed by atoms with van der Waals surface area (Å²) in [5.74, 6) is 0.178. The van der Waals surface area contributed by atoms with Crippen LogP contribution in [0.4, 0.5) is 0 Å². The summed E-state index contributed by atoms with van der Waals surface area (Å²) >= 11 is 0. The van der Waals surface area contributed by atoms with E-state index in [9.17, 15) is 4.79 Å². The summed E-state index contributed by atoms with van der Waals surface area (Å²) < 4.78 is 5.91. The van der Waals surface area contributed by atoms with Crippen molar-refractivity contribution in [3.05, 3.63) is 71.8 Å². The van der Waals surface area contributed by atoms with Gasteiger partial charge < -0.3 is 9.64 Å². The minimum Gasteiger partial charge on any atom is -0.371 e. The second-order valence-electron chi connectivity index (χ2n) is 7.11. The standard InChI is InChI=1S/C22H28N2O2/c1-18(2)24(15-19-9-5-3-6-10-19)22(25)17-23-13-14-26-21(16-23)20-11-7-4-8-12-20/h3-12,18,21H,13-17H2,1-2H3. The molecule has 2 aromatic carbocycles. The van der Waals surface area contributed by atoms with Crippen molar-refractivity contribution < 1.29 is 9.53 Å². The van der Waals surface area contributed by atoms with Crippen molar-refractivity contribution in [2.45, 2.75) is 32.5 Å². The van der Waals surface area contributed by atoms with Gasteiger partial charge in [-0.2, -0.15) is 0 Å². The molecule has 1 aliphatic heterocycles. The zero-order chi connectivity index (χ0) is 18.4. The van der Waals surface area contributed by atoms with Gasteiger partial charge in [-0.05, 0) is 25.0 Å². The van der Waals surface area contributed by atoms with Gasteiger partial charge >= 0.3 is 0 Å². The molecular weight excluding hydrogens is 324 g/mol. The maximum atomic E-state index is 12.9. The second kappa shape index (κ2) is 8.97. The SMILES string of the molecule is CC(C)N(Cc1ccccc1)C(=O)CN1CCOC(c2ccccc2)C1. The van der Waals surface area contributed by atoms with E-state index in [1.54, 1.807) is 0 Å². The molecule has 0 N–H and O–H groups in total. The van der Waals surface area contributed by atoms with Crippen molar-refractivity contribution in [2.24, 2.45) is 0 Å². The molecule has 0 bridgehead atoms. The molecule has 26 heavy (non-hydrogen) atoms. The molecule has 3 rings (SSSR count). The van der Waals surface area contributed by atoms with Crippen molar-refractivity contribution in [1.29, 1.82) is 0 Å². The first-order valence-corrected chi connectivity index (χ1v) is 9.36. The largest absolute Gasteiger partial charge is 0.371 e. The lowest BCUT2D eigenvalue weighted by molar-refractivity contribution is -0.136. The predicted octanol–water partition coefficient (Wildman–Crippen LogP) is 3.50. The van der Waals surface area contributed by atoms with Gasteiger partial charge in [0.2, 0.25) is 5.91 Å². The first-order chi connectivity index (χ1) is 12.6. The molecule has 1 atom stereocenters. The fourth-order valence-corrected chi connectivity index (χ4v) is 3.34. The summed E-state index contributed by atoms with van der Waals surface area (Å²) in [5.41, 5.74) is 2.34. The van der Waals surface area contributed by atoms with E-state index in [0.717, 1.165) is 13.1 Å². The zero-order valence-electron chi connectivity index (χ0n) is 15.7. The van der Waals surface area contributed by atoms with Gasteiger partial charge in [-0.15, -0.1) is 0 Å². The van der Waals surface area contributed by atoms with E-state index in [0.29, 0.717) is 19.7 Å². The Morgan fingerprint density at radius 2 is 1.77 bits per heavy atom. The van der Waals surface area contributed by atoms with Crippen molar-refractivity contribution >= 4 is 5.91 Å². The Bertz CT molecular complexity index is 688. The van der Waals surface area contributed by atoms with Crippen LogP contribution < -0.4 is 0 Å². The lowest BCUT2D eigenvalue weighted by Gasteiger charge is -2.35. The van der Waals surface area contributed by atoms with Crippen molar-refractivity contribution in [1.82, 2.24) is 9.80 Å². The molecule has 1 heterocycles. The number of carbonyl (C=O) groups excluding carboxylic acids is 1. The van der Waals surface area contributed by atoms with Gasteiger partial charge in [0.05, 0.1) is 19.3 Å².